The van der Waals surface area contributed by atoms with Gasteiger partial charge in [-0.25, -0.2) is 0 Å². The highest BCUT2D eigenvalue weighted by molar-refractivity contribution is 5.82. The number of hydrogen-bond acceptors (Lipinski definition) is 4. The standard InChI is InChI=1S/C9H13N3O2/c1-2-14-8-6-11-4-3-7(8)5-9(10)12-13/h3-4,6,13H,2,5H2,1H3,(H2,10,12). The van der Waals surface area contributed by atoms with Crippen LogP contribution in [0.3, 0.4) is 0 Å². The summed E-state index contributed by atoms with van der Waals surface area (Å²) in [6, 6.07) is 1.78. The summed E-state index contributed by atoms with van der Waals surface area (Å²) in [5.74, 6) is 0.818. The van der Waals surface area contributed by atoms with Gasteiger partial charge in [0, 0.05) is 18.2 Å². The van der Waals surface area contributed by atoms with E-state index in [1.165, 1.54) is 0 Å². The highest BCUT2D eigenvalue weighted by Gasteiger charge is 2.04. The molecule has 0 atom stereocenters. The third-order valence-electron chi connectivity index (χ3n) is 1.67. The Hall–Kier alpha value is -1.78. The van der Waals surface area contributed by atoms with Gasteiger partial charge in [0.1, 0.15) is 11.6 Å². The molecule has 0 saturated heterocycles. The van der Waals surface area contributed by atoms with E-state index in [1.54, 1.807) is 18.5 Å². The predicted octanol–water partition coefficient (Wildman–Crippen LogP) is 0.769. The van der Waals surface area contributed by atoms with Crippen molar-refractivity contribution in [2.75, 3.05) is 6.61 Å². The van der Waals surface area contributed by atoms with Gasteiger partial charge in [-0.3, -0.25) is 4.98 Å². The van der Waals surface area contributed by atoms with Crippen LogP contribution >= 0.6 is 0 Å². The second kappa shape index (κ2) is 5.06. The van der Waals surface area contributed by atoms with Crippen LogP contribution in [0.2, 0.25) is 0 Å². The summed E-state index contributed by atoms with van der Waals surface area (Å²) in [6.45, 7) is 2.45. The average Bonchev–Trinajstić information content (AvgIpc) is 2.21. The molecular formula is C9H13N3O2. The molecule has 76 valence electrons. The van der Waals surface area contributed by atoms with E-state index in [1.807, 2.05) is 6.92 Å². The first-order chi connectivity index (χ1) is 6.77. The van der Waals surface area contributed by atoms with Gasteiger partial charge < -0.3 is 15.7 Å². The van der Waals surface area contributed by atoms with E-state index in [9.17, 15) is 0 Å². The number of oxime groups is 1. The average molecular weight is 195 g/mol. The van der Waals surface area contributed by atoms with Crippen molar-refractivity contribution in [2.45, 2.75) is 13.3 Å². The zero-order chi connectivity index (χ0) is 10.4. The number of nitrogens with two attached hydrogens (primary N) is 1. The molecular weight excluding hydrogens is 182 g/mol. The number of ether oxygens (including phenoxy) is 1. The Bertz CT molecular complexity index is 326. The molecule has 0 saturated carbocycles. The van der Waals surface area contributed by atoms with Crippen LogP contribution in [0.15, 0.2) is 23.6 Å². The molecule has 0 radical (unpaired) electrons. The van der Waals surface area contributed by atoms with Gasteiger partial charge in [0.2, 0.25) is 0 Å². The van der Waals surface area contributed by atoms with Gasteiger partial charge in [0.05, 0.1) is 12.8 Å². The van der Waals surface area contributed by atoms with E-state index in [0.717, 1.165) is 5.56 Å². The van der Waals surface area contributed by atoms with Crippen molar-refractivity contribution >= 4 is 5.84 Å². The summed E-state index contributed by atoms with van der Waals surface area (Å²) < 4.78 is 5.33. The Kier molecular flexibility index (Phi) is 3.72. The molecule has 14 heavy (non-hydrogen) atoms. The van der Waals surface area contributed by atoms with Gasteiger partial charge in [-0.2, -0.15) is 0 Å². The monoisotopic (exact) mass is 195 g/mol. The summed E-state index contributed by atoms with van der Waals surface area (Å²) in [4.78, 5) is 3.93. The first-order valence-corrected chi connectivity index (χ1v) is 4.30. The third kappa shape index (κ3) is 2.62. The predicted molar refractivity (Wildman–Crippen MR) is 52.5 cm³/mol. The SMILES string of the molecule is CCOc1cnccc1C/C(N)=N/O. The lowest BCUT2D eigenvalue weighted by atomic mass is 10.2. The summed E-state index contributed by atoms with van der Waals surface area (Å²) in [6.07, 6.45) is 3.61. The van der Waals surface area contributed by atoms with Crippen molar-refractivity contribution in [1.82, 2.24) is 4.98 Å². The number of aromatic nitrogens is 1. The van der Waals surface area contributed by atoms with E-state index < -0.39 is 0 Å². The molecule has 3 N–H and O–H groups in total. The molecule has 0 aromatic carbocycles. The van der Waals surface area contributed by atoms with Crippen molar-refractivity contribution in [1.29, 1.82) is 0 Å². The van der Waals surface area contributed by atoms with E-state index in [2.05, 4.69) is 10.1 Å². The maximum Gasteiger partial charge on any atom is 0.143 e. The largest absolute Gasteiger partial charge is 0.492 e. The minimum Gasteiger partial charge on any atom is -0.492 e. The molecule has 1 heterocycles. The van der Waals surface area contributed by atoms with Gasteiger partial charge in [-0.05, 0) is 13.0 Å². The Morgan fingerprint density at radius 3 is 3.14 bits per heavy atom. The molecule has 0 aliphatic rings. The second-order valence-electron chi connectivity index (χ2n) is 2.68. The van der Waals surface area contributed by atoms with Crippen LogP contribution in [-0.2, 0) is 6.42 Å². The molecule has 5 heteroatoms. The molecule has 0 spiro atoms. The number of hydrogen-bond donors (Lipinski definition) is 2. The molecule has 1 aromatic rings. The normalized spacial score (nSPS) is 11.4. The van der Waals surface area contributed by atoms with Crippen molar-refractivity contribution in [3.05, 3.63) is 24.0 Å². The van der Waals surface area contributed by atoms with Gasteiger partial charge in [-0.1, -0.05) is 5.16 Å². The minimum absolute atomic E-state index is 0.150. The van der Waals surface area contributed by atoms with E-state index in [-0.39, 0.29) is 5.84 Å². The molecule has 0 aliphatic carbocycles. The first-order valence-electron chi connectivity index (χ1n) is 4.30. The second-order valence-corrected chi connectivity index (χ2v) is 2.68. The summed E-state index contributed by atoms with van der Waals surface area (Å²) >= 11 is 0. The maximum absolute atomic E-state index is 8.42. The fourth-order valence-electron chi connectivity index (χ4n) is 1.07. The zero-order valence-corrected chi connectivity index (χ0v) is 7.97. The smallest absolute Gasteiger partial charge is 0.143 e. The fourth-order valence-corrected chi connectivity index (χ4v) is 1.07. The summed E-state index contributed by atoms with van der Waals surface area (Å²) in [5.41, 5.74) is 6.25. The number of nitrogens with zero attached hydrogens (tertiary/aromatic N) is 2. The van der Waals surface area contributed by atoms with E-state index >= 15 is 0 Å². The molecule has 0 aliphatic heterocycles. The van der Waals surface area contributed by atoms with E-state index in [0.29, 0.717) is 18.8 Å². The van der Waals surface area contributed by atoms with Crippen LogP contribution in [0, 0.1) is 0 Å². The van der Waals surface area contributed by atoms with Crippen LogP contribution in [0.25, 0.3) is 0 Å². The topological polar surface area (TPSA) is 80.7 Å². The fraction of sp³-hybridized carbons (Fsp3) is 0.333. The molecule has 0 fully saturated rings. The van der Waals surface area contributed by atoms with Crippen LogP contribution in [0.4, 0.5) is 0 Å². The van der Waals surface area contributed by atoms with Crippen molar-refractivity contribution in [3.8, 4) is 5.75 Å². The lowest BCUT2D eigenvalue weighted by Crippen LogP contribution is -2.15. The Labute approximate surface area is 82.2 Å². The van der Waals surface area contributed by atoms with Crippen LogP contribution < -0.4 is 10.5 Å². The van der Waals surface area contributed by atoms with Crippen LogP contribution in [0.5, 0.6) is 5.75 Å². The lowest BCUT2D eigenvalue weighted by molar-refractivity contribution is 0.316. The van der Waals surface area contributed by atoms with Gasteiger partial charge in [0.15, 0.2) is 0 Å². The molecule has 0 amide bonds. The Morgan fingerprint density at radius 1 is 1.71 bits per heavy atom. The Balaban J connectivity index is 2.84. The highest BCUT2D eigenvalue weighted by Crippen LogP contribution is 2.16. The van der Waals surface area contributed by atoms with Gasteiger partial charge in [-0.15, -0.1) is 0 Å². The highest BCUT2D eigenvalue weighted by atomic mass is 16.5. The summed E-state index contributed by atoms with van der Waals surface area (Å²) in [7, 11) is 0. The lowest BCUT2D eigenvalue weighted by Gasteiger charge is -2.07. The number of amidine groups is 1. The number of rotatable bonds is 4. The molecule has 0 bridgehead atoms. The van der Waals surface area contributed by atoms with E-state index in [4.69, 9.17) is 15.7 Å². The van der Waals surface area contributed by atoms with Crippen molar-refractivity contribution in [2.24, 2.45) is 10.9 Å². The minimum atomic E-state index is 0.150. The van der Waals surface area contributed by atoms with Crippen LogP contribution in [0.1, 0.15) is 12.5 Å². The zero-order valence-electron chi connectivity index (χ0n) is 7.97. The van der Waals surface area contributed by atoms with Gasteiger partial charge in [0.25, 0.3) is 0 Å². The van der Waals surface area contributed by atoms with Gasteiger partial charge >= 0.3 is 0 Å². The van der Waals surface area contributed by atoms with Crippen molar-refractivity contribution < 1.29 is 9.94 Å². The molecule has 1 rings (SSSR count). The van der Waals surface area contributed by atoms with Crippen LogP contribution in [-0.4, -0.2) is 22.6 Å². The Morgan fingerprint density at radius 2 is 2.50 bits per heavy atom. The summed E-state index contributed by atoms with van der Waals surface area (Å²) in [5, 5.41) is 11.3. The quantitative estimate of drug-likeness (QED) is 0.322. The van der Waals surface area contributed by atoms with Crippen molar-refractivity contribution in [3.63, 3.8) is 0 Å². The third-order valence-corrected chi connectivity index (χ3v) is 1.67. The molecule has 1 aromatic heterocycles. The molecule has 5 nitrogen and oxygen atoms in total. The first kappa shape index (κ1) is 10.3. The molecule has 0 unspecified atom stereocenters. The maximum atomic E-state index is 8.42. The number of pyridine rings is 1.